The molecule has 0 bridgehead atoms. The average Bonchev–Trinajstić information content (AvgIpc) is 2.67. The summed E-state index contributed by atoms with van der Waals surface area (Å²) in [5.74, 6) is -1.36. The van der Waals surface area contributed by atoms with Gasteiger partial charge in [0, 0.05) is 11.1 Å². The Labute approximate surface area is 170 Å². The van der Waals surface area contributed by atoms with Crippen molar-refractivity contribution in [2.24, 2.45) is 17.1 Å². The van der Waals surface area contributed by atoms with E-state index < -0.39 is 24.4 Å². The van der Waals surface area contributed by atoms with Crippen LogP contribution in [0.1, 0.15) is 48.8 Å². The highest BCUT2D eigenvalue weighted by Gasteiger charge is 2.33. The van der Waals surface area contributed by atoms with Gasteiger partial charge in [-0.05, 0) is 42.2 Å². The fourth-order valence-corrected chi connectivity index (χ4v) is 3.80. The molecule has 1 aromatic carbocycles. The van der Waals surface area contributed by atoms with Crippen molar-refractivity contribution < 1.29 is 19.1 Å². The first kappa shape index (κ1) is 20.8. The van der Waals surface area contributed by atoms with Gasteiger partial charge in [-0.1, -0.05) is 39.0 Å². The van der Waals surface area contributed by atoms with Crippen molar-refractivity contribution in [1.29, 1.82) is 0 Å². The number of nitrogens with one attached hydrogen (secondary N) is 1. The summed E-state index contributed by atoms with van der Waals surface area (Å²) in [5, 5.41) is 3.04. The molecular formula is C22H27N3O4. The Balaban J connectivity index is 1.92. The second-order valence-electron chi connectivity index (χ2n) is 8.55. The van der Waals surface area contributed by atoms with E-state index >= 15 is 0 Å². The Kier molecular flexibility index (Phi) is 5.86. The minimum Gasteiger partial charge on any atom is -0.452 e. The molecule has 1 aromatic heterocycles. The molecule has 3 N–H and O–H groups in total. The third-order valence-electron chi connectivity index (χ3n) is 5.48. The molecule has 29 heavy (non-hydrogen) atoms. The number of aromatic nitrogens is 1. The van der Waals surface area contributed by atoms with Crippen molar-refractivity contribution in [3.63, 3.8) is 0 Å². The normalized spacial score (nSPS) is 16.2. The Morgan fingerprint density at radius 2 is 1.97 bits per heavy atom. The number of primary amides is 1. The molecular weight excluding hydrogens is 370 g/mol. The highest BCUT2D eigenvalue weighted by molar-refractivity contribution is 6.05. The number of nitrogens with zero attached hydrogens (tertiary/aromatic N) is 1. The maximum Gasteiger partial charge on any atom is 0.339 e. The number of carbonyl (C=O) groups excluding carboxylic acids is 3. The molecule has 0 fully saturated rings. The summed E-state index contributed by atoms with van der Waals surface area (Å²) in [6, 6.07) is 7.47. The zero-order chi connectivity index (χ0) is 21.2. The molecule has 0 radical (unpaired) electrons. The molecule has 0 unspecified atom stereocenters. The van der Waals surface area contributed by atoms with E-state index in [1.165, 1.54) is 0 Å². The lowest BCUT2D eigenvalue weighted by atomic mass is 9.70. The zero-order valence-corrected chi connectivity index (χ0v) is 17.1. The van der Waals surface area contributed by atoms with Crippen LogP contribution in [0.2, 0.25) is 0 Å². The molecule has 1 heterocycles. The largest absolute Gasteiger partial charge is 0.452 e. The summed E-state index contributed by atoms with van der Waals surface area (Å²) in [6.07, 6.45) is 2.57. The standard InChI is InChI=1S/C22H27N3O4/c1-22(2,3)13-8-9-17-15(10-13)20(14-6-4-5-7-16(14)25-17)21(28)29-12-19(27)24-11-18(23)26/h4-7,13H,8-12H2,1-3H3,(H2,23,26)(H,24,27)/t13-/m1/s1. The van der Waals surface area contributed by atoms with Crippen LogP contribution < -0.4 is 11.1 Å². The number of benzene rings is 1. The van der Waals surface area contributed by atoms with E-state index in [-0.39, 0.29) is 12.0 Å². The van der Waals surface area contributed by atoms with Gasteiger partial charge in [0.1, 0.15) is 0 Å². The first-order chi connectivity index (χ1) is 13.7. The van der Waals surface area contributed by atoms with Crippen molar-refractivity contribution in [3.05, 3.63) is 41.1 Å². The molecule has 0 saturated heterocycles. The number of hydrogen-bond donors (Lipinski definition) is 2. The zero-order valence-electron chi connectivity index (χ0n) is 17.1. The van der Waals surface area contributed by atoms with E-state index in [1.54, 1.807) is 0 Å². The maximum atomic E-state index is 13.0. The summed E-state index contributed by atoms with van der Waals surface area (Å²) in [4.78, 5) is 40.4. The molecule has 0 spiro atoms. The summed E-state index contributed by atoms with van der Waals surface area (Å²) in [6.45, 7) is 5.85. The minimum atomic E-state index is -0.660. The van der Waals surface area contributed by atoms with Crippen LogP contribution in [0.3, 0.4) is 0 Å². The van der Waals surface area contributed by atoms with E-state index in [0.717, 1.165) is 41.4 Å². The van der Waals surface area contributed by atoms with E-state index in [9.17, 15) is 14.4 Å². The number of hydrogen-bond acceptors (Lipinski definition) is 5. The molecule has 7 heteroatoms. The van der Waals surface area contributed by atoms with Crippen LogP contribution in [-0.2, 0) is 27.2 Å². The third kappa shape index (κ3) is 4.72. The van der Waals surface area contributed by atoms with Crippen LogP contribution in [0.25, 0.3) is 10.9 Å². The van der Waals surface area contributed by atoms with Gasteiger partial charge in [0.15, 0.2) is 6.61 Å². The van der Waals surface area contributed by atoms with E-state index in [4.69, 9.17) is 15.5 Å². The third-order valence-corrected chi connectivity index (χ3v) is 5.48. The average molecular weight is 397 g/mol. The number of pyridine rings is 1. The molecule has 2 amide bonds. The van der Waals surface area contributed by atoms with Gasteiger partial charge < -0.3 is 15.8 Å². The number of nitrogens with two attached hydrogens (primary N) is 1. The van der Waals surface area contributed by atoms with Gasteiger partial charge in [0.25, 0.3) is 5.91 Å². The van der Waals surface area contributed by atoms with Gasteiger partial charge in [0.05, 0.1) is 17.6 Å². The van der Waals surface area contributed by atoms with Crippen LogP contribution in [0, 0.1) is 11.3 Å². The highest BCUT2D eigenvalue weighted by atomic mass is 16.5. The number of fused-ring (bicyclic) bond motifs is 2. The fraction of sp³-hybridized carbons (Fsp3) is 0.455. The molecule has 7 nitrogen and oxygen atoms in total. The molecule has 154 valence electrons. The number of esters is 1. The molecule has 1 aliphatic rings. The van der Waals surface area contributed by atoms with Crippen LogP contribution in [0.15, 0.2) is 24.3 Å². The Bertz CT molecular complexity index is 962. The van der Waals surface area contributed by atoms with E-state index in [2.05, 4.69) is 26.1 Å². The summed E-state index contributed by atoms with van der Waals surface area (Å²) in [5.41, 5.74) is 8.19. The van der Waals surface area contributed by atoms with Gasteiger partial charge in [-0.25, -0.2) is 4.79 Å². The second kappa shape index (κ2) is 8.19. The quantitative estimate of drug-likeness (QED) is 0.751. The molecule has 0 saturated carbocycles. The van der Waals surface area contributed by atoms with Crippen LogP contribution in [-0.4, -0.2) is 35.9 Å². The maximum absolute atomic E-state index is 13.0. The van der Waals surface area contributed by atoms with Crippen molar-refractivity contribution in [1.82, 2.24) is 10.3 Å². The lowest BCUT2D eigenvalue weighted by Gasteiger charge is -2.35. The topological polar surface area (TPSA) is 111 Å². The Hall–Kier alpha value is -2.96. The van der Waals surface area contributed by atoms with Crippen molar-refractivity contribution in [2.75, 3.05) is 13.2 Å². The van der Waals surface area contributed by atoms with E-state index in [0.29, 0.717) is 11.5 Å². The van der Waals surface area contributed by atoms with Crippen molar-refractivity contribution in [3.8, 4) is 0 Å². The number of amides is 2. The molecule has 2 aromatic rings. The minimum absolute atomic E-state index is 0.110. The van der Waals surface area contributed by atoms with Gasteiger partial charge in [-0.2, -0.15) is 0 Å². The lowest BCUT2D eigenvalue weighted by molar-refractivity contribution is -0.127. The number of rotatable bonds is 5. The predicted octanol–water partition coefficient (Wildman–Crippen LogP) is 2.14. The van der Waals surface area contributed by atoms with E-state index in [1.807, 2.05) is 24.3 Å². The predicted molar refractivity (Wildman–Crippen MR) is 109 cm³/mol. The van der Waals surface area contributed by atoms with Gasteiger partial charge in [-0.3, -0.25) is 14.6 Å². The van der Waals surface area contributed by atoms with Crippen molar-refractivity contribution >= 4 is 28.7 Å². The Morgan fingerprint density at radius 1 is 1.24 bits per heavy atom. The lowest BCUT2D eigenvalue weighted by Crippen LogP contribution is -2.36. The molecule has 3 rings (SSSR count). The molecule has 1 aliphatic carbocycles. The van der Waals surface area contributed by atoms with Gasteiger partial charge >= 0.3 is 5.97 Å². The van der Waals surface area contributed by atoms with Gasteiger partial charge in [-0.15, -0.1) is 0 Å². The smallest absolute Gasteiger partial charge is 0.339 e. The van der Waals surface area contributed by atoms with Crippen LogP contribution >= 0.6 is 0 Å². The second-order valence-corrected chi connectivity index (χ2v) is 8.55. The number of ether oxygens (including phenoxy) is 1. The molecule has 1 atom stereocenters. The van der Waals surface area contributed by atoms with Gasteiger partial charge in [0.2, 0.25) is 5.91 Å². The van der Waals surface area contributed by atoms with Crippen LogP contribution in [0.4, 0.5) is 0 Å². The number of carbonyl (C=O) groups is 3. The number of para-hydroxylation sites is 1. The van der Waals surface area contributed by atoms with Crippen LogP contribution in [0.5, 0.6) is 0 Å². The summed E-state index contributed by atoms with van der Waals surface area (Å²) >= 11 is 0. The van der Waals surface area contributed by atoms with Crippen molar-refractivity contribution in [2.45, 2.75) is 40.0 Å². The first-order valence-corrected chi connectivity index (χ1v) is 9.79. The monoisotopic (exact) mass is 397 g/mol. The molecule has 0 aliphatic heterocycles. The Morgan fingerprint density at radius 3 is 2.66 bits per heavy atom. The SMILES string of the molecule is CC(C)(C)[C@@H]1CCc2nc3ccccc3c(C(=O)OCC(=O)NCC(N)=O)c2C1. The summed E-state index contributed by atoms with van der Waals surface area (Å²) in [7, 11) is 0. The number of aryl methyl sites for hydroxylation is 1. The summed E-state index contributed by atoms with van der Waals surface area (Å²) < 4.78 is 5.29. The fourth-order valence-electron chi connectivity index (χ4n) is 3.80. The highest BCUT2D eigenvalue weighted by Crippen LogP contribution is 2.39. The first-order valence-electron chi connectivity index (χ1n) is 9.79.